The number of nitrogens with two attached hydrogens (primary N) is 1. The molecule has 5 rings (SSSR count). The van der Waals surface area contributed by atoms with Gasteiger partial charge in [-0.25, -0.2) is 4.39 Å². The number of amides is 1. The Morgan fingerprint density at radius 1 is 1.16 bits per heavy atom. The van der Waals surface area contributed by atoms with Gasteiger partial charge in [-0.3, -0.25) is 9.69 Å². The zero-order valence-electron chi connectivity index (χ0n) is 18.3. The lowest BCUT2D eigenvalue weighted by Crippen LogP contribution is -2.52. The van der Waals surface area contributed by atoms with E-state index >= 15 is 0 Å². The largest absolute Gasteiger partial charge is 0.369 e. The van der Waals surface area contributed by atoms with Crippen molar-refractivity contribution in [1.29, 1.82) is 0 Å². The van der Waals surface area contributed by atoms with Gasteiger partial charge in [0.1, 0.15) is 5.82 Å². The number of primary amides is 1. The minimum Gasteiger partial charge on any atom is -0.369 e. The number of piperazine rings is 1. The standard InChI is InChI=1S/C26H28FN3O2/c1-17-15-30(24-4-2-3-18-14-21(27)6-8-22(18)24)12-11-29(17)10-9-25-23-7-5-19(26(28)31)13-20(23)16-32-25/h2-8,13-14,17,25H,9-12,15-16H2,1H3,(H2,28,31)/t17-,25+/m0/s1. The highest BCUT2D eigenvalue weighted by atomic mass is 19.1. The summed E-state index contributed by atoms with van der Waals surface area (Å²) in [4.78, 5) is 16.3. The second-order valence-corrected chi connectivity index (χ2v) is 8.84. The van der Waals surface area contributed by atoms with E-state index in [1.165, 1.54) is 17.3 Å². The van der Waals surface area contributed by atoms with Gasteiger partial charge in [0.05, 0.1) is 12.7 Å². The van der Waals surface area contributed by atoms with Gasteiger partial charge < -0.3 is 15.4 Å². The van der Waals surface area contributed by atoms with E-state index in [1.807, 2.05) is 30.3 Å². The molecule has 0 aliphatic carbocycles. The molecule has 2 atom stereocenters. The van der Waals surface area contributed by atoms with Crippen molar-refractivity contribution in [3.05, 3.63) is 77.1 Å². The maximum atomic E-state index is 13.6. The third kappa shape index (κ3) is 3.96. The molecule has 0 aromatic heterocycles. The average molecular weight is 434 g/mol. The minimum atomic E-state index is -0.403. The van der Waals surface area contributed by atoms with Crippen molar-refractivity contribution >= 4 is 22.4 Å². The van der Waals surface area contributed by atoms with Crippen LogP contribution in [0.25, 0.3) is 10.8 Å². The first-order valence-corrected chi connectivity index (χ1v) is 11.2. The van der Waals surface area contributed by atoms with E-state index in [-0.39, 0.29) is 11.9 Å². The first kappa shape index (κ1) is 20.9. The van der Waals surface area contributed by atoms with Crippen LogP contribution in [0.3, 0.4) is 0 Å². The Labute approximate surface area is 187 Å². The van der Waals surface area contributed by atoms with Gasteiger partial charge in [0, 0.05) is 48.9 Å². The van der Waals surface area contributed by atoms with Gasteiger partial charge in [-0.1, -0.05) is 18.2 Å². The number of fused-ring (bicyclic) bond motifs is 2. The summed E-state index contributed by atoms with van der Waals surface area (Å²) in [5, 5.41) is 2.04. The second-order valence-electron chi connectivity index (χ2n) is 8.84. The molecule has 3 aromatic rings. The number of anilines is 1. The lowest BCUT2D eigenvalue weighted by molar-refractivity contribution is 0.0466. The highest BCUT2D eigenvalue weighted by molar-refractivity contribution is 5.94. The second kappa shape index (κ2) is 8.52. The predicted octanol–water partition coefficient (Wildman–Crippen LogP) is 4.25. The Morgan fingerprint density at radius 2 is 2.03 bits per heavy atom. The normalized spacial score (nSPS) is 21.1. The van der Waals surface area contributed by atoms with Crippen LogP contribution in [0.5, 0.6) is 0 Å². The van der Waals surface area contributed by atoms with E-state index in [1.54, 1.807) is 12.1 Å². The number of benzene rings is 3. The summed E-state index contributed by atoms with van der Waals surface area (Å²) in [7, 11) is 0. The molecule has 2 aliphatic heterocycles. The fourth-order valence-corrected chi connectivity index (χ4v) is 5.06. The van der Waals surface area contributed by atoms with Crippen LogP contribution in [0, 0.1) is 5.82 Å². The van der Waals surface area contributed by atoms with Crippen molar-refractivity contribution in [2.45, 2.75) is 32.1 Å². The number of carbonyl (C=O) groups is 1. The number of hydrogen-bond acceptors (Lipinski definition) is 4. The number of ether oxygens (including phenoxy) is 1. The smallest absolute Gasteiger partial charge is 0.248 e. The Morgan fingerprint density at radius 3 is 2.84 bits per heavy atom. The van der Waals surface area contributed by atoms with Crippen molar-refractivity contribution < 1.29 is 13.9 Å². The summed E-state index contributed by atoms with van der Waals surface area (Å²) < 4.78 is 19.6. The molecule has 2 aliphatic rings. The average Bonchev–Trinajstić information content (AvgIpc) is 3.20. The summed E-state index contributed by atoms with van der Waals surface area (Å²) in [5.74, 6) is -0.603. The van der Waals surface area contributed by atoms with Crippen molar-refractivity contribution in [3.63, 3.8) is 0 Å². The van der Waals surface area contributed by atoms with Crippen molar-refractivity contribution in [3.8, 4) is 0 Å². The van der Waals surface area contributed by atoms with E-state index in [2.05, 4.69) is 22.8 Å². The molecule has 2 N–H and O–H groups in total. The summed E-state index contributed by atoms with van der Waals surface area (Å²) in [6.45, 7) is 6.59. The maximum Gasteiger partial charge on any atom is 0.248 e. The molecule has 3 aromatic carbocycles. The third-order valence-electron chi connectivity index (χ3n) is 6.82. The molecule has 0 radical (unpaired) electrons. The van der Waals surface area contributed by atoms with Crippen molar-refractivity contribution in [2.24, 2.45) is 5.73 Å². The summed E-state index contributed by atoms with van der Waals surface area (Å²) in [5.41, 5.74) is 9.34. The number of hydrogen-bond donors (Lipinski definition) is 1. The van der Waals surface area contributed by atoms with Gasteiger partial charge in [0.2, 0.25) is 5.91 Å². The monoisotopic (exact) mass is 433 g/mol. The molecule has 6 heteroatoms. The zero-order valence-corrected chi connectivity index (χ0v) is 18.3. The molecule has 1 amide bonds. The van der Waals surface area contributed by atoms with E-state index in [9.17, 15) is 9.18 Å². The first-order valence-electron chi connectivity index (χ1n) is 11.2. The molecular formula is C26H28FN3O2. The molecule has 0 bridgehead atoms. The summed E-state index contributed by atoms with van der Waals surface area (Å²) in [6, 6.07) is 17.2. The van der Waals surface area contributed by atoms with Crippen LogP contribution >= 0.6 is 0 Å². The highest BCUT2D eigenvalue weighted by Crippen LogP contribution is 2.34. The Balaban J connectivity index is 1.23. The topological polar surface area (TPSA) is 58.8 Å². The molecule has 0 saturated carbocycles. The lowest BCUT2D eigenvalue weighted by Gasteiger charge is -2.41. The quantitative estimate of drug-likeness (QED) is 0.654. The van der Waals surface area contributed by atoms with Gasteiger partial charge in [0.15, 0.2) is 0 Å². The maximum absolute atomic E-state index is 13.6. The number of nitrogens with zero attached hydrogens (tertiary/aromatic N) is 2. The van der Waals surface area contributed by atoms with E-state index in [0.29, 0.717) is 18.2 Å². The molecule has 1 saturated heterocycles. The van der Waals surface area contributed by atoms with Crippen molar-refractivity contribution in [1.82, 2.24) is 4.90 Å². The molecule has 1 fully saturated rings. The van der Waals surface area contributed by atoms with Crippen LogP contribution in [0.15, 0.2) is 54.6 Å². The SMILES string of the molecule is C[C@H]1CN(c2cccc3cc(F)ccc23)CCN1CC[C@H]1OCc2cc(C(N)=O)ccc21. The van der Waals surface area contributed by atoms with Gasteiger partial charge in [-0.15, -0.1) is 0 Å². The van der Waals surface area contributed by atoms with Crippen LogP contribution < -0.4 is 10.6 Å². The summed E-state index contributed by atoms with van der Waals surface area (Å²) in [6.07, 6.45) is 0.978. The molecule has 32 heavy (non-hydrogen) atoms. The molecule has 0 spiro atoms. The van der Waals surface area contributed by atoms with Crippen molar-refractivity contribution in [2.75, 3.05) is 31.1 Å². The van der Waals surface area contributed by atoms with Crippen LogP contribution in [0.2, 0.25) is 0 Å². The Bertz CT molecular complexity index is 1170. The highest BCUT2D eigenvalue weighted by Gasteiger charge is 2.28. The summed E-state index contributed by atoms with van der Waals surface area (Å²) >= 11 is 0. The number of halogens is 1. The van der Waals surface area contributed by atoms with E-state index in [4.69, 9.17) is 10.5 Å². The number of rotatable bonds is 5. The lowest BCUT2D eigenvalue weighted by atomic mass is 10.00. The Hall–Kier alpha value is -2.96. The van der Waals surface area contributed by atoms with Gasteiger partial charge in [0.25, 0.3) is 0 Å². The van der Waals surface area contributed by atoms with Crippen LogP contribution in [-0.4, -0.2) is 43.0 Å². The molecule has 2 heterocycles. The Kier molecular flexibility index (Phi) is 5.57. The number of carbonyl (C=O) groups excluding carboxylic acids is 1. The van der Waals surface area contributed by atoms with Gasteiger partial charge >= 0.3 is 0 Å². The van der Waals surface area contributed by atoms with Crippen LogP contribution in [0.1, 0.15) is 40.9 Å². The molecule has 5 nitrogen and oxygen atoms in total. The molecule has 166 valence electrons. The first-order chi connectivity index (χ1) is 15.5. The van der Waals surface area contributed by atoms with Crippen LogP contribution in [-0.2, 0) is 11.3 Å². The van der Waals surface area contributed by atoms with Gasteiger partial charge in [-0.05, 0) is 66.3 Å². The molecule has 0 unspecified atom stereocenters. The zero-order chi connectivity index (χ0) is 22.2. The minimum absolute atomic E-state index is 0.0603. The third-order valence-corrected chi connectivity index (χ3v) is 6.82. The van der Waals surface area contributed by atoms with Crippen LogP contribution in [0.4, 0.5) is 10.1 Å². The fourth-order valence-electron chi connectivity index (χ4n) is 5.06. The predicted molar refractivity (Wildman–Crippen MR) is 124 cm³/mol. The van der Waals surface area contributed by atoms with E-state index < -0.39 is 5.91 Å². The fraction of sp³-hybridized carbons (Fsp3) is 0.346. The molecular weight excluding hydrogens is 405 g/mol. The van der Waals surface area contributed by atoms with Gasteiger partial charge in [-0.2, -0.15) is 0 Å². The van der Waals surface area contributed by atoms with E-state index in [0.717, 1.165) is 48.9 Å².